The monoisotopic (exact) mass is 189 g/mol. The van der Waals surface area contributed by atoms with E-state index in [0.29, 0.717) is 11.3 Å². The first-order chi connectivity index (χ1) is 6.70. The zero-order chi connectivity index (χ0) is 10.1. The zero-order valence-corrected chi connectivity index (χ0v) is 7.91. The summed E-state index contributed by atoms with van der Waals surface area (Å²) >= 11 is 0. The molecule has 0 saturated heterocycles. The maximum atomic E-state index is 11.1. The molecular weight excluding hydrogens is 178 g/mol. The van der Waals surface area contributed by atoms with Crippen LogP contribution >= 0.6 is 0 Å². The fourth-order valence-corrected chi connectivity index (χ4v) is 1.45. The highest BCUT2D eigenvalue weighted by Crippen LogP contribution is 2.20. The van der Waals surface area contributed by atoms with E-state index in [1.165, 1.54) is 6.07 Å². The van der Waals surface area contributed by atoms with E-state index in [1.54, 1.807) is 0 Å². The highest BCUT2D eigenvalue weighted by molar-refractivity contribution is 5.88. The van der Waals surface area contributed by atoms with Crippen molar-refractivity contribution in [2.75, 3.05) is 5.73 Å². The van der Waals surface area contributed by atoms with E-state index >= 15 is 0 Å². The molecule has 3 heteroatoms. The maximum absolute atomic E-state index is 11.1. The fraction of sp³-hybridized carbons (Fsp3) is 0.182. The van der Waals surface area contributed by atoms with Crippen LogP contribution in [0.15, 0.2) is 33.5 Å². The van der Waals surface area contributed by atoms with Crippen molar-refractivity contribution in [2.45, 2.75) is 13.3 Å². The number of nitrogens with two attached hydrogens (primary N) is 1. The highest BCUT2D eigenvalue weighted by Gasteiger charge is 2.02. The first-order valence-electron chi connectivity index (χ1n) is 4.53. The van der Waals surface area contributed by atoms with Crippen LogP contribution in [0.3, 0.4) is 0 Å². The van der Waals surface area contributed by atoms with Gasteiger partial charge in [0.1, 0.15) is 5.58 Å². The van der Waals surface area contributed by atoms with Crippen LogP contribution < -0.4 is 11.4 Å². The lowest BCUT2D eigenvalue weighted by molar-refractivity contribution is 0.561. The smallest absolute Gasteiger partial charge is 0.338 e. The molecule has 2 aromatic rings. The second-order valence-electron chi connectivity index (χ2n) is 3.20. The Morgan fingerprint density at radius 3 is 2.86 bits per heavy atom. The van der Waals surface area contributed by atoms with Crippen molar-refractivity contribution in [3.05, 3.63) is 40.2 Å². The number of hydrogen-bond donors (Lipinski definition) is 1. The van der Waals surface area contributed by atoms with E-state index in [0.717, 1.165) is 17.4 Å². The van der Waals surface area contributed by atoms with Gasteiger partial charge in [0.2, 0.25) is 0 Å². The molecule has 0 saturated carbocycles. The van der Waals surface area contributed by atoms with Gasteiger partial charge in [0.15, 0.2) is 0 Å². The summed E-state index contributed by atoms with van der Waals surface area (Å²) in [7, 11) is 0. The summed E-state index contributed by atoms with van der Waals surface area (Å²) < 4.78 is 5.05. The molecule has 0 fully saturated rings. The summed E-state index contributed by atoms with van der Waals surface area (Å²) in [5, 5.41) is 0.793. The van der Waals surface area contributed by atoms with Crippen molar-refractivity contribution in [3.8, 4) is 0 Å². The predicted molar refractivity (Wildman–Crippen MR) is 56.3 cm³/mol. The molecule has 0 bridgehead atoms. The van der Waals surface area contributed by atoms with Crippen LogP contribution in [0, 0.1) is 0 Å². The third kappa shape index (κ3) is 1.37. The Morgan fingerprint density at radius 1 is 1.36 bits per heavy atom. The number of anilines is 1. The van der Waals surface area contributed by atoms with Crippen LogP contribution in [0.2, 0.25) is 0 Å². The minimum absolute atomic E-state index is 0.400. The Bertz CT molecular complexity index is 528. The second kappa shape index (κ2) is 3.18. The van der Waals surface area contributed by atoms with E-state index in [2.05, 4.69) is 0 Å². The van der Waals surface area contributed by atoms with Crippen molar-refractivity contribution in [3.63, 3.8) is 0 Å². The van der Waals surface area contributed by atoms with Crippen LogP contribution in [0.4, 0.5) is 5.69 Å². The minimum Gasteiger partial charge on any atom is -0.423 e. The van der Waals surface area contributed by atoms with Crippen molar-refractivity contribution < 1.29 is 4.42 Å². The molecule has 0 radical (unpaired) electrons. The van der Waals surface area contributed by atoms with Gasteiger partial charge in [0.05, 0.1) is 0 Å². The first kappa shape index (κ1) is 8.81. The number of aryl methyl sites for hydroxylation is 1. The molecule has 14 heavy (non-hydrogen) atoms. The van der Waals surface area contributed by atoms with Gasteiger partial charge in [0, 0.05) is 17.1 Å². The lowest BCUT2D eigenvalue weighted by atomic mass is 10.1. The van der Waals surface area contributed by atoms with Gasteiger partial charge in [-0.1, -0.05) is 13.0 Å². The summed E-state index contributed by atoms with van der Waals surface area (Å²) in [6.45, 7) is 2.05. The molecule has 72 valence electrons. The van der Waals surface area contributed by atoms with Crippen LogP contribution in [0.1, 0.15) is 12.5 Å². The number of nitrogen functional groups attached to an aromatic ring is 1. The van der Waals surface area contributed by atoms with E-state index in [4.69, 9.17) is 10.2 Å². The normalized spacial score (nSPS) is 10.6. The molecule has 0 aliphatic rings. The summed E-state index contributed by atoms with van der Waals surface area (Å²) in [5.41, 5.74) is 7.46. The second-order valence-corrected chi connectivity index (χ2v) is 3.20. The van der Waals surface area contributed by atoms with E-state index in [9.17, 15) is 4.79 Å². The van der Waals surface area contributed by atoms with E-state index in [-0.39, 0.29) is 0 Å². The molecule has 2 N–H and O–H groups in total. The van der Waals surface area contributed by atoms with Crippen molar-refractivity contribution in [1.82, 2.24) is 0 Å². The van der Waals surface area contributed by atoms with Gasteiger partial charge in [0.25, 0.3) is 0 Å². The minimum atomic E-state index is -0.400. The highest BCUT2D eigenvalue weighted by atomic mass is 16.4. The fourth-order valence-electron chi connectivity index (χ4n) is 1.45. The molecule has 0 aliphatic carbocycles. The molecule has 1 aromatic carbocycles. The molecule has 0 atom stereocenters. The van der Waals surface area contributed by atoms with Crippen LogP contribution in [0.5, 0.6) is 0 Å². The van der Waals surface area contributed by atoms with Crippen LogP contribution in [-0.4, -0.2) is 0 Å². The van der Waals surface area contributed by atoms with Gasteiger partial charge in [-0.3, -0.25) is 0 Å². The van der Waals surface area contributed by atoms with Crippen molar-refractivity contribution in [2.24, 2.45) is 0 Å². The summed E-state index contributed by atoms with van der Waals surface area (Å²) in [5.74, 6) is 0. The number of hydrogen-bond acceptors (Lipinski definition) is 3. The van der Waals surface area contributed by atoms with Gasteiger partial charge in [-0.15, -0.1) is 0 Å². The largest absolute Gasteiger partial charge is 0.423 e. The molecule has 1 aromatic heterocycles. The maximum Gasteiger partial charge on any atom is 0.338 e. The molecular formula is C11H11NO2. The standard InChI is InChI=1S/C11H11NO2/c1-2-7-3-4-8-9(12)6-11(13)14-10(8)5-7/h3-6H,2,12H2,1H3. The summed E-state index contributed by atoms with van der Waals surface area (Å²) in [6, 6.07) is 7.02. The third-order valence-electron chi connectivity index (χ3n) is 2.25. The van der Waals surface area contributed by atoms with Gasteiger partial charge >= 0.3 is 5.63 Å². The number of rotatable bonds is 1. The zero-order valence-electron chi connectivity index (χ0n) is 7.91. The topological polar surface area (TPSA) is 56.2 Å². The molecule has 1 heterocycles. The number of benzene rings is 1. The van der Waals surface area contributed by atoms with Gasteiger partial charge in [-0.25, -0.2) is 4.79 Å². The Morgan fingerprint density at radius 2 is 2.14 bits per heavy atom. The molecule has 0 amide bonds. The first-order valence-corrected chi connectivity index (χ1v) is 4.53. The SMILES string of the molecule is CCc1ccc2c(N)cc(=O)oc2c1. The van der Waals surface area contributed by atoms with Gasteiger partial charge in [-0.05, 0) is 24.1 Å². The van der Waals surface area contributed by atoms with Gasteiger partial charge in [-0.2, -0.15) is 0 Å². The Balaban J connectivity index is 2.82. The Labute approximate surface area is 81.1 Å². The van der Waals surface area contributed by atoms with Crippen LogP contribution in [0.25, 0.3) is 11.0 Å². The Kier molecular flexibility index (Phi) is 2.00. The van der Waals surface area contributed by atoms with E-state index < -0.39 is 5.63 Å². The van der Waals surface area contributed by atoms with Crippen LogP contribution in [-0.2, 0) is 6.42 Å². The quantitative estimate of drug-likeness (QED) is 0.697. The van der Waals surface area contributed by atoms with Gasteiger partial charge < -0.3 is 10.2 Å². The molecule has 0 aliphatic heterocycles. The average Bonchev–Trinajstić information content (AvgIpc) is 2.16. The Hall–Kier alpha value is -1.77. The molecule has 0 unspecified atom stereocenters. The molecule has 3 nitrogen and oxygen atoms in total. The summed E-state index contributed by atoms with van der Waals surface area (Å²) in [6.07, 6.45) is 0.911. The predicted octanol–water partition coefficient (Wildman–Crippen LogP) is 1.94. The van der Waals surface area contributed by atoms with Crippen molar-refractivity contribution >= 4 is 16.7 Å². The lowest BCUT2D eigenvalue weighted by Crippen LogP contribution is -2.00. The molecule has 2 rings (SSSR count). The summed E-state index contributed by atoms with van der Waals surface area (Å²) in [4.78, 5) is 11.1. The number of fused-ring (bicyclic) bond motifs is 1. The lowest BCUT2D eigenvalue weighted by Gasteiger charge is -2.01. The van der Waals surface area contributed by atoms with E-state index in [1.807, 2.05) is 25.1 Å². The average molecular weight is 189 g/mol. The third-order valence-corrected chi connectivity index (χ3v) is 2.25. The molecule has 0 spiro atoms. The van der Waals surface area contributed by atoms with Crippen molar-refractivity contribution in [1.29, 1.82) is 0 Å².